The van der Waals surface area contributed by atoms with Crippen LogP contribution in [-0.4, -0.2) is 10.0 Å². The first-order valence-electron chi connectivity index (χ1n) is 3.16. The van der Waals surface area contributed by atoms with Gasteiger partial charge in [0, 0.05) is 11.6 Å². The summed E-state index contributed by atoms with van der Waals surface area (Å²) in [6, 6.07) is 2.40. The van der Waals surface area contributed by atoms with E-state index in [0.29, 0.717) is 5.56 Å². The third-order valence-corrected chi connectivity index (χ3v) is 1.76. The lowest BCUT2D eigenvalue weighted by Crippen LogP contribution is -1.91. The minimum atomic E-state index is -0.541. The maximum Gasteiger partial charge on any atom is 0.274 e. The van der Waals surface area contributed by atoms with Crippen LogP contribution in [0.2, 0.25) is 5.02 Å². The van der Waals surface area contributed by atoms with Gasteiger partial charge >= 0.3 is 0 Å². The minimum absolute atomic E-state index is 0.00713. The summed E-state index contributed by atoms with van der Waals surface area (Å²) in [5.74, 6) is -0.139. The second-order valence-corrected chi connectivity index (χ2v) is 2.75. The number of nitro groups is 1. The quantitative estimate of drug-likeness (QED) is 0.542. The van der Waals surface area contributed by atoms with E-state index >= 15 is 0 Å². The molecule has 4 nitrogen and oxygen atoms in total. The molecule has 0 amide bonds. The van der Waals surface area contributed by atoms with Crippen LogP contribution in [0.4, 0.5) is 5.69 Å². The zero-order chi connectivity index (χ0) is 9.30. The highest BCUT2D eigenvalue weighted by atomic mass is 35.5. The molecule has 1 N–H and O–H groups in total. The van der Waals surface area contributed by atoms with Crippen LogP contribution in [0.3, 0.4) is 0 Å². The number of halogens is 1. The van der Waals surface area contributed by atoms with Crippen LogP contribution >= 0.6 is 11.6 Å². The molecule has 0 bridgehead atoms. The molecule has 0 saturated heterocycles. The van der Waals surface area contributed by atoms with E-state index in [1.54, 1.807) is 0 Å². The average Bonchev–Trinajstić information content (AvgIpc) is 1.96. The number of nitro benzene ring substituents is 1. The van der Waals surface area contributed by atoms with Crippen molar-refractivity contribution in [1.29, 1.82) is 0 Å². The van der Waals surface area contributed by atoms with Crippen LogP contribution in [-0.2, 0) is 0 Å². The van der Waals surface area contributed by atoms with Gasteiger partial charge in [0.2, 0.25) is 0 Å². The lowest BCUT2D eigenvalue weighted by Gasteiger charge is -1.99. The summed E-state index contributed by atoms with van der Waals surface area (Å²) < 4.78 is 0. The van der Waals surface area contributed by atoms with Gasteiger partial charge in [-0.25, -0.2) is 0 Å². The molecule has 0 aliphatic heterocycles. The van der Waals surface area contributed by atoms with Gasteiger partial charge in [0.25, 0.3) is 5.69 Å². The topological polar surface area (TPSA) is 63.4 Å². The van der Waals surface area contributed by atoms with Gasteiger partial charge in [-0.3, -0.25) is 10.1 Å². The summed E-state index contributed by atoms with van der Waals surface area (Å²) >= 11 is 5.48. The fourth-order valence-electron chi connectivity index (χ4n) is 0.852. The van der Waals surface area contributed by atoms with Crippen molar-refractivity contribution in [3.05, 3.63) is 32.8 Å². The van der Waals surface area contributed by atoms with Gasteiger partial charge < -0.3 is 5.11 Å². The van der Waals surface area contributed by atoms with Crippen molar-refractivity contribution in [2.24, 2.45) is 0 Å². The monoisotopic (exact) mass is 187 g/mol. The molecule has 5 heteroatoms. The first-order valence-corrected chi connectivity index (χ1v) is 3.53. The van der Waals surface area contributed by atoms with Gasteiger partial charge in [-0.2, -0.15) is 0 Å². The molecule has 1 aromatic carbocycles. The molecule has 0 spiro atoms. The van der Waals surface area contributed by atoms with Crippen molar-refractivity contribution < 1.29 is 10.0 Å². The summed E-state index contributed by atoms with van der Waals surface area (Å²) in [4.78, 5) is 9.81. The van der Waals surface area contributed by atoms with E-state index in [9.17, 15) is 10.1 Å². The summed E-state index contributed by atoms with van der Waals surface area (Å²) in [6.07, 6.45) is 0. The van der Waals surface area contributed by atoms with Crippen molar-refractivity contribution in [2.45, 2.75) is 6.92 Å². The zero-order valence-electron chi connectivity index (χ0n) is 6.24. The molecule has 0 heterocycles. The maximum atomic E-state index is 10.4. The van der Waals surface area contributed by atoms with Crippen LogP contribution in [0.5, 0.6) is 5.75 Å². The normalized spacial score (nSPS) is 9.83. The predicted molar refractivity (Wildman–Crippen MR) is 44.5 cm³/mol. The fourth-order valence-corrected chi connectivity index (χ4v) is 1.01. The Balaban J connectivity index is 3.33. The number of benzene rings is 1. The van der Waals surface area contributed by atoms with E-state index < -0.39 is 4.92 Å². The first-order chi connectivity index (χ1) is 5.52. The van der Waals surface area contributed by atoms with Gasteiger partial charge in [0.05, 0.1) is 9.95 Å². The molecule has 0 aliphatic carbocycles. The van der Waals surface area contributed by atoms with E-state index in [4.69, 9.17) is 16.7 Å². The summed E-state index contributed by atoms with van der Waals surface area (Å²) in [7, 11) is 0. The van der Waals surface area contributed by atoms with Gasteiger partial charge in [-0.1, -0.05) is 11.6 Å². The number of aryl methyl sites for hydroxylation is 1. The largest absolute Gasteiger partial charge is 0.506 e. The average molecular weight is 188 g/mol. The highest BCUT2D eigenvalue weighted by Gasteiger charge is 2.13. The second-order valence-electron chi connectivity index (χ2n) is 2.35. The predicted octanol–water partition coefficient (Wildman–Crippen LogP) is 2.26. The van der Waals surface area contributed by atoms with E-state index in [2.05, 4.69) is 0 Å². The molecule has 0 fully saturated rings. The van der Waals surface area contributed by atoms with E-state index in [1.807, 2.05) is 0 Å². The Morgan fingerprint density at radius 3 is 2.67 bits per heavy atom. The number of phenolic OH excluding ortho intramolecular Hbond substituents is 1. The van der Waals surface area contributed by atoms with Crippen molar-refractivity contribution in [1.82, 2.24) is 0 Å². The molecule has 0 aromatic heterocycles. The highest BCUT2D eigenvalue weighted by molar-refractivity contribution is 6.32. The third kappa shape index (κ3) is 1.48. The van der Waals surface area contributed by atoms with E-state index in [1.165, 1.54) is 13.0 Å². The Hall–Kier alpha value is -1.29. The lowest BCUT2D eigenvalue weighted by molar-refractivity contribution is -0.385. The van der Waals surface area contributed by atoms with Gasteiger partial charge in [0.15, 0.2) is 0 Å². The SMILES string of the molecule is Cc1cc(O)c(Cl)cc1[N+](=O)[O-]. The van der Waals surface area contributed by atoms with Crippen LogP contribution in [0, 0.1) is 17.0 Å². The van der Waals surface area contributed by atoms with Crippen molar-refractivity contribution in [3.8, 4) is 5.75 Å². The summed E-state index contributed by atoms with van der Waals surface area (Å²) in [5, 5.41) is 19.4. The summed E-state index contributed by atoms with van der Waals surface area (Å²) in [5.41, 5.74) is 0.305. The first kappa shape index (κ1) is 8.80. The standard InChI is InChI=1S/C7H6ClNO3/c1-4-2-7(10)5(8)3-6(4)9(11)12/h2-3,10H,1H3. The molecular formula is C7H6ClNO3. The second kappa shape index (κ2) is 2.98. The van der Waals surface area contributed by atoms with Crippen LogP contribution < -0.4 is 0 Å². The Kier molecular flexibility index (Phi) is 2.19. The number of aromatic hydroxyl groups is 1. The summed E-state index contributed by atoms with van der Waals surface area (Å²) in [6.45, 7) is 1.54. The zero-order valence-corrected chi connectivity index (χ0v) is 7.00. The van der Waals surface area contributed by atoms with Gasteiger partial charge in [-0.15, -0.1) is 0 Å². The van der Waals surface area contributed by atoms with Gasteiger partial charge in [-0.05, 0) is 13.0 Å². The highest BCUT2D eigenvalue weighted by Crippen LogP contribution is 2.30. The molecule has 0 radical (unpaired) electrons. The lowest BCUT2D eigenvalue weighted by atomic mass is 10.2. The minimum Gasteiger partial charge on any atom is -0.506 e. The van der Waals surface area contributed by atoms with Crippen molar-refractivity contribution in [3.63, 3.8) is 0 Å². The Morgan fingerprint density at radius 2 is 2.17 bits per heavy atom. The fraction of sp³-hybridized carbons (Fsp3) is 0.143. The Bertz CT molecular complexity index is 338. The number of nitrogens with zero attached hydrogens (tertiary/aromatic N) is 1. The van der Waals surface area contributed by atoms with Crippen molar-refractivity contribution >= 4 is 17.3 Å². The van der Waals surface area contributed by atoms with Crippen LogP contribution in [0.1, 0.15) is 5.56 Å². The smallest absolute Gasteiger partial charge is 0.274 e. The van der Waals surface area contributed by atoms with E-state index in [0.717, 1.165) is 6.07 Å². The molecule has 64 valence electrons. The number of rotatable bonds is 1. The third-order valence-electron chi connectivity index (χ3n) is 1.46. The number of hydrogen-bond donors (Lipinski definition) is 1. The van der Waals surface area contributed by atoms with Crippen molar-refractivity contribution in [2.75, 3.05) is 0 Å². The Morgan fingerprint density at radius 1 is 1.58 bits per heavy atom. The molecule has 0 saturated carbocycles. The molecule has 0 aliphatic rings. The molecule has 1 rings (SSSR count). The molecule has 0 unspecified atom stereocenters. The van der Waals surface area contributed by atoms with Crippen LogP contribution in [0.15, 0.2) is 12.1 Å². The Labute approximate surface area is 73.5 Å². The number of hydrogen-bond acceptors (Lipinski definition) is 3. The maximum absolute atomic E-state index is 10.4. The molecule has 12 heavy (non-hydrogen) atoms. The van der Waals surface area contributed by atoms with Crippen LogP contribution in [0.25, 0.3) is 0 Å². The molecule has 1 aromatic rings. The van der Waals surface area contributed by atoms with E-state index in [-0.39, 0.29) is 16.5 Å². The number of phenols is 1. The van der Waals surface area contributed by atoms with Gasteiger partial charge in [0.1, 0.15) is 5.75 Å². The molecule has 0 atom stereocenters. The molecular weight excluding hydrogens is 182 g/mol.